The van der Waals surface area contributed by atoms with Gasteiger partial charge in [0.25, 0.3) is 5.91 Å². The van der Waals surface area contributed by atoms with Gasteiger partial charge in [0.2, 0.25) is 5.82 Å². The standard InChI is InChI=1S/C18H17N7O4/c1-12(14-8-9-16(29-2)15(10-14)25(27)28)19-20-17(26)11-24-22-18(21-23-24)13-6-4-3-5-7-13/h3-10H,11H2,1-2H3,(H,20,26). The summed E-state index contributed by atoms with van der Waals surface area (Å²) in [5, 5.41) is 27.0. The van der Waals surface area contributed by atoms with E-state index >= 15 is 0 Å². The van der Waals surface area contributed by atoms with Crippen LogP contribution in [0.3, 0.4) is 0 Å². The minimum Gasteiger partial charge on any atom is -0.490 e. The Morgan fingerprint density at radius 2 is 2.03 bits per heavy atom. The van der Waals surface area contributed by atoms with Crippen LogP contribution in [0.2, 0.25) is 0 Å². The zero-order chi connectivity index (χ0) is 20.8. The predicted molar refractivity (Wildman–Crippen MR) is 103 cm³/mol. The van der Waals surface area contributed by atoms with Crippen molar-refractivity contribution in [1.82, 2.24) is 25.6 Å². The van der Waals surface area contributed by atoms with Crippen molar-refractivity contribution in [2.24, 2.45) is 5.10 Å². The number of carbonyl (C=O) groups is 1. The summed E-state index contributed by atoms with van der Waals surface area (Å²) >= 11 is 0. The van der Waals surface area contributed by atoms with Crippen LogP contribution in [0.1, 0.15) is 12.5 Å². The summed E-state index contributed by atoms with van der Waals surface area (Å²) in [6.45, 7) is 1.44. The average molecular weight is 395 g/mol. The molecule has 0 spiro atoms. The lowest BCUT2D eigenvalue weighted by Gasteiger charge is -2.05. The highest BCUT2D eigenvalue weighted by Gasteiger charge is 2.16. The van der Waals surface area contributed by atoms with E-state index in [0.29, 0.717) is 17.1 Å². The van der Waals surface area contributed by atoms with Crippen LogP contribution < -0.4 is 10.2 Å². The van der Waals surface area contributed by atoms with E-state index in [4.69, 9.17) is 4.74 Å². The van der Waals surface area contributed by atoms with Crippen LogP contribution in [0.15, 0.2) is 53.6 Å². The molecule has 0 unspecified atom stereocenters. The van der Waals surface area contributed by atoms with E-state index in [1.54, 1.807) is 13.0 Å². The van der Waals surface area contributed by atoms with Gasteiger partial charge in [-0.25, -0.2) is 5.43 Å². The highest BCUT2D eigenvalue weighted by atomic mass is 16.6. The number of tetrazole rings is 1. The minimum absolute atomic E-state index is 0.141. The fourth-order valence-corrected chi connectivity index (χ4v) is 2.45. The molecule has 1 amide bonds. The van der Waals surface area contributed by atoms with Crippen molar-refractivity contribution >= 4 is 17.3 Å². The Balaban J connectivity index is 1.65. The van der Waals surface area contributed by atoms with Gasteiger partial charge in [-0.3, -0.25) is 14.9 Å². The summed E-state index contributed by atoms with van der Waals surface area (Å²) in [6.07, 6.45) is 0. The molecule has 0 atom stereocenters. The van der Waals surface area contributed by atoms with E-state index in [9.17, 15) is 14.9 Å². The number of amides is 1. The summed E-state index contributed by atoms with van der Waals surface area (Å²) in [5.74, 6) is 0.0788. The largest absolute Gasteiger partial charge is 0.490 e. The molecule has 0 saturated heterocycles. The maximum Gasteiger partial charge on any atom is 0.311 e. The molecular weight excluding hydrogens is 378 g/mol. The number of nitrogens with zero attached hydrogens (tertiary/aromatic N) is 6. The third-order valence-electron chi connectivity index (χ3n) is 3.91. The number of ether oxygens (including phenoxy) is 1. The molecule has 0 radical (unpaired) electrons. The number of hydrogen-bond donors (Lipinski definition) is 1. The van der Waals surface area contributed by atoms with Crippen molar-refractivity contribution in [3.63, 3.8) is 0 Å². The first-order chi connectivity index (χ1) is 14.0. The highest BCUT2D eigenvalue weighted by molar-refractivity contribution is 6.00. The zero-order valence-electron chi connectivity index (χ0n) is 15.6. The van der Waals surface area contributed by atoms with Crippen LogP contribution in [-0.4, -0.2) is 43.9 Å². The van der Waals surface area contributed by atoms with Gasteiger partial charge in [-0.05, 0) is 24.3 Å². The summed E-state index contributed by atoms with van der Waals surface area (Å²) in [7, 11) is 1.35. The molecule has 2 aromatic carbocycles. The first kappa shape index (κ1) is 19.6. The van der Waals surface area contributed by atoms with E-state index in [-0.39, 0.29) is 18.0 Å². The molecular formula is C18H17N7O4. The van der Waals surface area contributed by atoms with Gasteiger partial charge in [-0.15, -0.1) is 10.2 Å². The van der Waals surface area contributed by atoms with E-state index in [0.717, 1.165) is 10.4 Å². The zero-order valence-corrected chi connectivity index (χ0v) is 15.6. The second kappa shape index (κ2) is 8.69. The van der Waals surface area contributed by atoms with Crippen LogP contribution in [-0.2, 0) is 11.3 Å². The molecule has 11 nitrogen and oxygen atoms in total. The van der Waals surface area contributed by atoms with Crippen LogP contribution in [0.5, 0.6) is 5.75 Å². The molecule has 0 fully saturated rings. The van der Waals surface area contributed by atoms with Gasteiger partial charge in [0, 0.05) is 17.2 Å². The number of methoxy groups -OCH3 is 1. The Kier molecular flexibility index (Phi) is 5.88. The number of hydrazone groups is 1. The van der Waals surface area contributed by atoms with Gasteiger partial charge in [0.1, 0.15) is 6.54 Å². The van der Waals surface area contributed by atoms with Crippen LogP contribution >= 0.6 is 0 Å². The monoisotopic (exact) mass is 395 g/mol. The fourth-order valence-electron chi connectivity index (χ4n) is 2.45. The van der Waals surface area contributed by atoms with Gasteiger partial charge in [-0.2, -0.15) is 9.90 Å². The van der Waals surface area contributed by atoms with E-state index in [1.165, 1.54) is 19.2 Å². The Morgan fingerprint density at radius 1 is 1.28 bits per heavy atom. The summed E-state index contributed by atoms with van der Waals surface area (Å²) in [6, 6.07) is 13.7. The number of hydrogen-bond acceptors (Lipinski definition) is 8. The van der Waals surface area contributed by atoms with E-state index in [2.05, 4.69) is 25.9 Å². The molecule has 11 heteroatoms. The normalized spacial score (nSPS) is 11.2. The lowest BCUT2D eigenvalue weighted by molar-refractivity contribution is -0.385. The lowest BCUT2D eigenvalue weighted by Crippen LogP contribution is -2.25. The van der Waals surface area contributed by atoms with Crippen molar-refractivity contribution in [3.05, 3.63) is 64.2 Å². The average Bonchev–Trinajstić information content (AvgIpc) is 3.20. The molecule has 1 N–H and O–H groups in total. The third kappa shape index (κ3) is 4.77. The Labute approximate surface area is 165 Å². The number of aromatic nitrogens is 4. The second-order valence-electron chi connectivity index (χ2n) is 5.89. The smallest absolute Gasteiger partial charge is 0.311 e. The van der Waals surface area contributed by atoms with Crippen LogP contribution in [0.25, 0.3) is 11.4 Å². The Morgan fingerprint density at radius 3 is 2.72 bits per heavy atom. The Bertz CT molecular complexity index is 1060. The van der Waals surface area contributed by atoms with Crippen LogP contribution in [0, 0.1) is 10.1 Å². The molecule has 1 aromatic heterocycles. The van der Waals surface area contributed by atoms with Crippen molar-refractivity contribution < 1.29 is 14.5 Å². The SMILES string of the molecule is COc1ccc(C(C)=NNC(=O)Cn2nnc(-c3ccccc3)n2)cc1[N+](=O)[O-]. The first-order valence-electron chi connectivity index (χ1n) is 8.47. The molecule has 1 heterocycles. The molecule has 29 heavy (non-hydrogen) atoms. The molecule has 148 valence electrons. The predicted octanol–water partition coefficient (Wildman–Crippen LogP) is 1.80. The molecule has 0 aliphatic rings. The number of nitro benzene ring substituents is 1. The first-order valence-corrected chi connectivity index (χ1v) is 8.47. The molecule has 3 rings (SSSR count). The summed E-state index contributed by atoms with van der Waals surface area (Å²) in [5.41, 5.74) is 3.84. The minimum atomic E-state index is -0.547. The van der Waals surface area contributed by atoms with Crippen molar-refractivity contribution in [2.45, 2.75) is 13.5 Å². The lowest BCUT2D eigenvalue weighted by atomic mass is 10.1. The second-order valence-corrected chi connectivity index (χ2v) is 5.89. The molecule has 0 aliphatic carbocycles. The Hall–Kier alpha value is -4.15. The van der Waals surface area contributed by atoms with Crippen molar-refractivity contribution in [1.29, 1.82) is 0 Å². The molecule has 0 saturated carbocycles. The quantitative estimate of drug-likeness (QED) is 0.366. The van der Waals surface area contributed by atoms with Gasteiger partial charge < -0.3 is 4.74 Å². The number of carbonyl (C=O) groups excluding carboxylic acids is 1. The fraction of sp³-hybridized carbons (Fsp3) is 0.167. The van der Waals surface area contributed by atoms with Crippen molar-refractivity contribution in [3.8, 4) is 17.1 Å². The van der Waals surface area contributed by atoms with Crippen molar-refractivity contribution in [2.75, 3.05) is 7.11 Å². The summed E-state index contributed by atoms with van der Waals surface area (Å²) in [4.78, 5) is 23.8. The van der Waals surface area contributed by atoms with E-state index in [1.807, 2.05) is 30.3 Å². The van der Waals surface area contributed by atoms with Gasteiger partial charge in [0.15, 0.2) is 5.75 Å². The third-order valence-corrected chi connectivity index (χ3v) is 3.91. The maximum absolute atomic E-state index is 12.1. The number of nitrogens with one attached hydrogen (secondary N) is 1. The van der Waals surface area contributed by atoms with Gasteiger partial charge in [-0.1, -0.05) is 30.3 Å². The molecule has 0 bridgehead atoms. The number of rotatable bonds is 7. The summed E-state index contributed by atoms with van der Waals surface area (Å²) < 4.78 is 4.97. The number of nitro groups is 1. The van der Waals surface area contributed by atoms with E-state index < -0.39 is 10.8 Å². The highest BCUT2D eigenvalue weighted by Crippen LogP contribution is 2.27. The topological polar surface area (TPSA) is 137 Å². The van der Waals surface area contributed by atoms with Gasteiger partial charge in [0.05, 0.1) is 17.7 Å². The number of benzene rings is 2. The molecule has 3 aromatic rings. The van der Waals surface area contributed by atoms with Gasteiger partial charge >= 0.3 is 5.69 Å². The van der Waals surface area contributed by atoms with Crippen LogP contribution in [0.4, 0.5) is 5.69 Å². The maximum atomic E-state index is 12.1. The molecule has 0 aliphatic heterocycles.